The Balaban J connectivity index is 3.12. The minimum Gasteiger partial charge on any atom is -0.285 e. The first-order valence-corrected chi connectivity index (χ1v) is 2.76. The molecule has 2 aliphatic heterocycles. The summed E-state index contributed by atoms with van der Waals surface area (Å²) < 4.78 is 0. The number of aromatic amines is 1. The van der Waals surface area contributed by atoms with Crippen LogP contribution in [0.15, 0.2) is 14.4 Å². The number of hydrogen-bond acceptors (Lipinski definition) is 5. The molecular weight excluding hydrogens is 150 g/mol. The van der Waals surface area contributed by atoms with Crippen LogP contribution in [0.3, 0.4) is 0 Å². The van der Waals surface area contributed by atoms with Gasteiger partial charge >= 0.3 is 5.69 Å². The van der Waals surface area contributed by atoms with E-state index in [9.17, 15) is 14.4 Å². The van der Waals surface area contributed by atoms with Crippen LogP contribution in [0.1, 0.15) is 0 Å². The number of H-pyrrole nitrogens is 1. The number of rotatable bonds is 0. The van der Waals surface area contributed by atoms with E-state index < -0.39 is 16.8 Å². The summed E-state index contributed by atoms with van der Waals surface area (Å²) in [6, 6.07) is 0. The Morgan fingerprint density at radius 3 is 1.82 bits per heavy atom. The van der Waals surface area contributed by atoms with Gasteiger partial charge in [0.25, 0.3) is 11.1 Å². The number of nitrogens with one attached hydrogen (secondary N) is 1. The lowest BCUT2D eigenvalue weighted by molar-refractivity contribution is 1.15. The molecule has 2 heterocycles. The third kappa shape index (κ3) is 0.628. The average molecular weight is 151 g/mol. The molecular formula is C5HN3O3. The van der Waals surface area contributed by atoms with E-state index in [0.29, 0.717) is 0 Å². The van der Waals surface area contributed by atoms with E-state index in [0.717, 1.165) is 0 Å². The lowest BCUT2D eigenvalue weighted by atomic mass is 10.4. The van der Waals surface area contributed by atoms with Crippen molar-refractivity contribution in [3.63, 3.8) is 0 Å². The van der Waals surface area contributed by atoms with Crippen LogP contribution in [-0.2, 0) is 0 Å². The van der Waals surface area contributed by atoms with Gasteiger partial charge in [-0.3, -0.25) is 14.6 Å². The van der Waals surface area contributed by atoms with Gasteiger partial charge in [0.15, 0.2) is 11.4 Å². The Bertz CT molecular complexity index is 462. The van der Waals surface area contributed by atoms with E-state index in [1.54, 1.807) is 0 Å². The largest absolute Gasteiger partial charge is 0.368 e. The van der Waals surface area contributed by atoms with Crippen LogP contribution in [0.5, 0.6) is 0 Å². The van der Waals surface area contributed by atoms with Gasteiger partial charge in [-0.05, 0) is 0 Å². The first-order chi connectivity index (χ1) is 5.18. The van der Waals surface area contributed by atoms with Crippen molar-refractivity contribution in [2.75, 3.05) is 0 Å². The summed E-state index contributed by atoms with van der Waals surface area (Å²) in [4.78, 5) is 40.3. The zero-order valence-corrected chi connectivity index (χ0v) is 5.12. The Hall–Kier alpha value is -1.85. The number of imidazole rings is 1. The highest BCUT2D eigenvalue weighted by Crippen LogP contribution is 1.99. The highest BCUT2D eigenvalue weighted by molar-refractivity contribution is 5.53. The summed E-state index contributed by atoms with van der Waals surface area (Å²) >= 11 is 0. The molecule has 6 heteroatoms. The van der Waals surface area contributed by atoms with Crippen LogP contribution in [-0.4, -0.2) is 15.0 Å². The van der Waals surface area contributed by atoms with Crippen molar-refractivity contribution in [2.24, 2.45) is 0 Å². The van der Waals surface area contributed by atoms with E-state index in [-0.39, 0.29) is 11.4 Å². The number of nitrogens with zero attached hydrogens (tertiary/aromatic N) is 2. The third-order valence-electron chi connectivity index (χ3n) is 1.30. The van der Waals surface area contributed by atoms with Gasteiger partial charge in [0.2, 0.25) is 0 Å². The molecule has 0 aromatic carbocycles. The maximum atomic E-state index is 10.7. The van der Waals surface area contributed by atoms with Gasteiger partial charge in [0, 0.05) is 0 Å². The van der Waals surface area contributed by atoms with Crippen LogP contribution in [0, 0.1) is 0 Å². The molecule has 0 bridgehead atoms. The fraction of sp³-hybridized carbons (Fsp3) is 0. The van der Waals surface area contributed by atoms with Gasteiger partial charge < -0.3 is 0 Å². The monoisotopic (exact) mass is 151 g/mol. The second kappa shape index (κ2) is 1.60. The third-order valence-corrected chi connectivity index (χ3v) is 1.30. The Morgan fingerprint density at radius 2 is 1.36 bits per heavy atom. The molecule has 1 N–H and O–H groups in total. The summed E-state index contributed by atoms with van der Waals surface area (Å²) in [5.74, 6) is 0. The lowest BCUT2D eigenvalue weighted by Gasteiger charge is -1.69. The lowest BCUT2D eigenvalue weighted by Crippen LogP contribution is -2.10. The second-order valence-corrected chi connectivity index (χ2v) is 1.99. The molecule has 0 fully saturated rings. The van der Waals surface area contributed by atoms with E-state index in [2.05, 4.69) is 9.97 Å². The minimum atomic E-state index is -0.793. The topological polar surface area (TPSA) is 92.8 Å². The predicted molar refractivity (Wildman–Crippen MR) is 34.2 cm³/mol. The normalized spacial score (nSPS) is 10.9. The average Bonchev–Trinajstić information content (AvgIpc) is 2.38. The van der Waals surface area contributed by atoms with Crippen molar-refractivity contribution in [1.82, 2.24) is 15.0 Å². The number of aromatic nitrogens is 3. The first-order valence-electron chi connectivity index (χ1n) is 2.76. The van der Waals surface area contributed by atoms with Crippen LogP contribution >= 0.6 is 0 Å². The molecule has 6 nitrogen and oxygen atoms in total. The fourth-order valence-corrected chi connectivity index (χ4v) is 0.860. The minimum absolute atomic E-state index is 0.167. The molecule has 0 unspecified atom stereocenters. The first kappa shape index (κ1) is 5.90. The van der Waals surface area contributed by atoms with Gasteiger partial charge in [0.1, 0.15) is 0 Å². The van der Waals surface area contributed by atoms with Crippen molar-refractivity contribution < 1.29 is 0 Å². The van der Waals surface area contributed by atoms with Gasteiger partial charge in [-0.15, -0.1) is 0 Å². The van der Waals surface area contributed by atoms with Crippen LogP contribution in [0.2, 0.25) is 0 Å². The van der Waals surface area contributed by atoms with Crippen molar-refractivity contribution in [1.29, 1.82) is 0 Å². The molecule has 0 atom stereocenters. The summed E-state index contributed by atoms with van der Waals surface area (Å²) in [5, 5.41) is 0. The standard InChI is InChI=1S/C5HN3O3/c9-3-1-2(4(10)8-3)7-5(11)6-1/h(H,8,9,10). The van der Waals surface area contributed by atoms with Gasteiger partial charge in [0.05, 0.1) is 0 Å². The Kier molecular flexibility index (Phi) is 0.857. The van der Waals surface area contributed by atoms with Crippen LogP contribution in [0.25, 0.3) is 11.4 Å². The Labute approximate surface area is 58.6 Å². The molecule has 0 radical (unpaired) electrons. The predicted octanol–water partition coefficient (Wildman–Crippen LogP) is -2.13. The SMILES string of the molecule is O=c1nc2c(=O)[nH]c(=O)c-2n1. The molecule has 0 aromatic heterocycles. The van der Waals surface area contributed by atoms with E-state index in [1.807, 2.05) is 4.98 Å². The van der Waals surface area contributed by atoms with Gasteiger partial charge in [-0.2, -0.15) is 9.97 Å². The molecule has 0 aliphatic carbocycles. The summed E-state index contributed by atoms with van der Waals surface area (Å²) in [6.07, 6.45) is 0. The maximum absolute atomic E-state index is 10.7. The molecule has 11 heavy (non-hydrogen) atoms. The molecule has 0 aromatic rings. The van der Waals surface area contributed by atoms with Gasteiger partial charge in [-0.25, -0.2) is 4.79 Å². The number of hydrogen-bond donors (Lipinski definition) is 1. The molecule has 0 amide bonds. The maximum Gasteiger partial charge on any atom is 0.368 e. The summed E-state index contributed by atoms with van der Waals surface area (Å²) in [6.45, 7) is 0. The quantitative estimate of drug-likeness (QED) is 0.464. The van der Waals surface area contributed by atoms with E-state index in [4.69, 9.17) is 0 Å². The van der Waals surface area contributed by atoms with Crippen LogP contribution < -0.4 is 16.8 Å². The highest BCUT2D eigenvalue weighted by atomic mass is 16.2. The van der Waals surface area contributed by atoms with Crippen molar-refractivity contribution in [3.8, 4) is 11.4 Å². The fourth-order valence-electron chi connectivity index (χ4n) is 0.860. The van der Waals surface area contributed by atoms with Crippen molar-refractivity contribution in [3.05, 3.63) is 31.2 Å². The summed E-state index contributed by atoms with van der Waals surface area (Å²) in [5.41, 5.74) is -2.43. The van der Waals surface area contributed by atoms with Crippen molar-refractivity contribution in [2.45, 2.75) is 0 Å². The molecule has 2 rings (SSSR count). The molecule has 0 saturated carbocycles. The highest BCUT2D eigenvalue weighted by Gasteiger charge is 2.18. The van der Waals surface area contributed by atoms with E-state index in [1.165, 1.54) is 0 Å². The second-order valence-electron chi connectivity index (χ2n) is 1.99. The molecule has 0 spiro atoms. The zero-order chi connectivity index (χ0) is 8.01. The van der Waals surface area contributed by atoms with Gasteiger partial charge in [-0.1, -0.05) is 0 Å². The smallest absolute Gasteiger partial charge is 0.285 e. The zero-order valence-electron chi connectivity index (χ0n) is 5.12. The molecule has 54 valence electrons. The van der Waals surface area contributed by atoms with Crippen molar-refractivity contribution >= 4 is 0 Å². The molecule has 0 saturated heterocycles. The van der Waals surface area contributed by atoms with E-state index >= 15 is 0 Å². The number of fused-ring (bicyclic) bond motifs is 1. The van der Waals surface area contributed by atoms with Crippen LogP contribution in [0.4, 0.5) is 0 Å². The summed E-state index contributed by atoms with van der Waals surface area (Å²) in [7, 11) is 0. The molecule has 2 aliphatic rings. The Morgan fingerprint density at radius 1 is 0.909 bits per heavy atom.